The lowest BCUT2D eigenvalue weighted by Crippen LogP contribution is -2.44. The Morgan fingerprint density at radius 1 is 1.38 bits per heavy atom. The van der Waals surface area contributed by atoms with Crippen molar-refractivity contribution in [2.24, 2.45) is 0 Å². The third-order valence-electron chi connectivity index (χ3n) is 3.33. The SMILES string of the molecule is CC/C=C(\C)C(=O)N1CCC(N(C)C)CC1. The highest BCUT2D eigenvalue weighted by atomic mass is 16.2. The molecular formula is C13H24N2O. The van der Waals surface area contributed by atoms with Gasteiger partial charge in [0.05, 0.1) is 0 Å². The number of hydrogen-bond donors (Lipinski definition) is 0. The van der Waals surface area contributed by atoms with Crippen LogP contribution < -0.4 is 0 Å². The van der Waals surface area contributed by atoms with Gasteiger partial charge >= 0.3 is 0 Å². The van der Waals surface area contributed by atoms with Crippen molar-refractivity contribution >= 4 is 5.91 Å². The Morgan fingerprint density at radius 3 is 2.38 bits per heavy atom. The number of hydrogen-bond acceptors (Lipinski definition) is 2. The van der Waals surface area contributed by atoms with Gasteiger partial charge in [-0.05, 0) is 40.3 Å². The average molecular weight is 224 g/mol. The second-order valence-electron chi connectivity index (χ2n) is 4.78. The fraction of sp³-hybridized carbons (Fsp3) is 0.769. The van der Waals surface area contributed by atoms with E-state index in [0.717, 1.165) is 37.9 Å². The Labute approximate surface area is 99.1 Å². The minimum absolute atomic E-state index is 0.221. The van der Waals surface area contributed by atoms with Gasteiger partial charge in [-0.3, -0.25) is 4.79 Å². The molecule has 0 atom stereocenters. The average Bonchev–Trinajstić information content (AvgIpc) is 2.28. The van der Waals surface area contributed by atoms with Gasteiger partial charge in [0, 0.05) is 24.7 Å². The standard InChI is InChI=1S/C13H24N2O/c1-5-6-11(2)13(16)15-9-7-12(8-10-15)14(3)4/h6,12H,5,7-10H2,1-4H3/b11-6+. The van der Waals surface area contributed by atoms with Gasteiger partial charge in [0.2, 0.25) is 5.91 Å². The van der Waals surface area contributed by atoms with Gasteiger partial charge in [-0.2, -0.15) is 0 Å². The summed E-state index contributed by atoms with van der Waals surface area (Å²) in [5.74, 6) is 0.221. The molecule has 1 rings (SSSR count). The van der Waals surface area contributed by atoms with Crippen LogP contribution in [0, 0.1) is 0 Å². The van der Waals surface area contributed by atoms with E-state index in [1.54, 1.807) is 0 Å². The second kappa shape index (κ2) is 6.04. The molecule has 0 aromatic carbocycles. The number of carbonyl (C=O) groups excluding carboxylic acids is 1. The summed E-state index contributed by atoms with van der Waals surface area (Å²) in [4.78, 5) is 16.3. The molecule has 0 N–H and O–H groups in total. The van der Waals surface area contributed by atoms with Gasteiger partial charge in [0.1, 0.15) is 0 Å². The van der Waals surface area contributed by atoms with Crippen LogP contribution in [-0.2, 0) is 4.79 Å². The monoisotopic (exact) mass is 224 g/mol. The summed E-state index contributed by atoms with van der Waals surface area (Å²) in [5.41, 5.74) is 0.894. The second-order valence-corrected chi connectivity index (χ2v) is 4.78. The minimum atomic E-state index is 0.221. The van der Waals surface area contributed by atoms with E-state index in [1.165, 1.54) is 0 Å². The zero-order valence-electron chi connectivity index (χ0n) is 11.0. The molecule has 0 bridgehead atoms. The molecule has 3 heteroatoms. The molecule has 1 saturated heterocycles. The molecule has 3 nitrogen and oxygen atoms in total. The number of piperidine rings is 1. The molecule has 0 aromatic heterocycles. The first kappa shape index (κ1) is 13.2. The molecule has 0 radical (unpaired) electrons. The van der Waals surface area contributed by atoms with Crippen molar-refractivity contribution in [2.45, 2.75) is 39.2 Å². The van der Waals surface area contributed by atoms with E-state index in [-0.39, 0.29) is 5.91 Å². The predicted octanol–water partition coefficient (Wildman–Crippen LogP) is 1.90. The molecule has 1 aliphatic heterocycles. The molecule has 1 fully saturated rings. The topological polar surface area (TPSA) is 23.6 Å². The highest BCUT2D eigenvalue weighted by molar-refractivity contribution is 5.92. The van der Waals surface area contributed by atoms with Gasteiger partial charge in [0.15, 0.2) is 0 Å². The largest absolute Gasteiger partial charge is 0.339 e. The van der Waals surface area contributed by atoms with Crippen LogP contribution in [0.3, 0.4) is 0 Å². The first-order valence-electron chi connectivity index (χ1n) is 6.18. The summed E-state index contributed by atoms with van der Waals surface area (Å²) in [6.07, 6.45) is 5.14. The normalized spacial score (nSPS) is 19.3. The van der Waals surface area contributed by atoms with Crippen LogP contribution in [0.15, 0.2) is 11.6 Å². The van der Waals surface area contributed by atoms with E-state index in [9.17, 15) is 4.79 Å². The van der Waals surface area contributed by atoms with Gasteiger partial charge in [-0.1, -0.05) is 13.0 Å². The smallest absolute Gasteiger partial charge is 0.249 e. The van der Waals surface area contributed by atoms with Crippen molar-refractivity contribution in [2.75, 3.05) is 27.2 Å². The molecule has 0 aromatic rings. The van der Waals surface area contributed by atoms with E-state index < -0.39 is 0 Å². The quantitative estimate of drug-likeness (QED) is 0.684. The van der Waals surface area contributed by atoms with E-state index in [0.29, 0.717) is 6.04 Å². The maximum atomic E-state index is 12.0. The number of rotatable bonds is 3. The summed E-state index contributed by atoms with van der Waals surface area (Å²) in [6, 6.07) is 0.638. The number of allylic oxidation sites excluding steroid dienone is 1. The molecule has 0 aliphatic carbocycles. The van der Waals surface area contributed by atoms with Crippen LogP contribution >= 0.6 is 0 Å². The molecule has 92 valence electrons. The van der Waals surface area contributed by atoms with Gasteiger partial charge in [0.25, 0.3) is 0 Å². The number of likely N-dealkylation sites (tertiary alicyclic amines) is 1. The Kier molecular flexibility index (Phi) is 5.00. The van der Waals surface area contributed by atoms with Crippen molar-refractivity contribution in [3.05, 3.63) is 11.6 Å². The fourth-order valence-electron chi connectivity index (χ4n) is 2.23. The van der Waals surface area contributed by atoms with Crippen molar-refractivity contribution < 1.29 is 4.79 Å². The van der Waals surface area contributed by atoms with Crippen LogP contribution in [0.2, 0.25) is 0 Å². The first-order valence-corrected chi connectivity index (χ1v) is 6.18. The predicted molar refractivity (Wildman–Crippen MR) is 67.3 cm³/mol. The summed E-state index contributed by atoms with van der Waals surface area (Å²) >= 11 is 0. The molecule has 1 aliphatic rings. The van der Waals surface area contributed by atoms with Gasteiger partial charge in [-0.15, -0.1) is 0 Å². The van der Waals surface area contributed by atoms with Crippen molar-refractivity contribution in [3.63, 3.8) is 0 Å². The summed E-state index contributed by atoms with van der Waals surface area (Å²) in [6.45, 7) is 5.78. The summed E-state index contributed by atoms with van der Waals surface area (Å²) < 4.78 is 0. The lowest BCUT2D eigenvalue weighted by molar-refractivity contribution is -0.128. The van der Waals surface area contributed by atoms with E-state index in [1.807, 2.05) is 17.9 Å². The highest BCUT2D eigenvalue weighted by Crippen LogP contribution is 2.16. The molecule has 0 saturated carbocycles. The van der Waals surface area contributed by atoms with Crippen molar-refractivity contribution in [3.8, 4) is 0 Å². The maximum Gasteiger partial charge on any atom is 0.249 e. The Hall–Kier alpha value is -0.830. The molecule has 1 heterocycles. The summed E-state index contributed by atoms with van der Waals surface area (Å²) in [5, 5.41) is 0. The zero-order chi connectivity index (χ0) is 12.1. The number of amides is 1. The fourth-order valence-corrected chi connectivity index (χ4v) is 2.23. The number of nitrogens with zero attached hydrogens (tertiary/aromatic N) is 2. The van der Waals surface area contributed by atoms with Crippen LogP contribution in [0.4, 0.5) is 0 Å². The van der Waals surface area contributed by atoms with Gasteiger partial charge in [-0.25, -0.2) is 0 Å². The van der Waals surface area contributed by atoms with Crippen LogP contribution in [0.1, 0.15) is 33.1 Å². The third-order valence-corrected chi connectivity index (χ3v) is 3.33. The molecular weight excluding hydrogens is 200 g/mol. The van der Waals surface area contributed by atoms with E-state index in [2.05, 4.69) is 25.9 Å². The van der Waals surface area contributed by atoms with Gasteiger partial charge < -0.3 is 9.80 Å². The minimum Gasteiger partial charge on any atom is -0.339 e. The lowest BCUT2D eigenvalue weighted by atomic mass is 10.0. The molecule has 0 unspecified atom stereocenters. The Bertz CT molecular complexity index is 263. The van der Waals surface area contributed by atoms with E-state index in [4.69, 9.17) is 0 Å². The zero-order valence-corrected chi connectivity index (χ0v) is 11.0. The van der Waals surface area contributed by atoms with E-state index >= 15 is 0 Å². The number of carbonyl (C=O) groups is 1. The lowest BCUT2D eigenvalue weighted by Gasteiger charge is -2.35. The van der Waals surface area contributed by atoms with Crippen LogP contribution in [0.5, 0.6) is 0 Å². The summed E-state index contributed by atoms with van der Waals surface area (Å²) in [7, 11) is 4.23. The highest BCUT2D eigenvalue weighted by Gasteiger charge is 2.24. The molecule has 0 spiro atoms. The Morgan fingerprint density at radius 2 is 1.94 bits per heavy atom. The van der Waals surface area contributed by atoms with Crippen molar-refractivity contribution in [1.82, 2.24) is 9.80 Å². The maximum absolute atomic E-state index is 12.0. The first-order chi connectivity index (χ1) is 7.56. The molecule has 1 amide bonds. The third kappa shape index (κ3) is 3.34. The Balaban J connectivity index is 2.48. The van der Waals surface area contributed by atoms with Crippen molar-refractivity contribution in [1.29, 1.82) is 0 Å². The van der Waals surface area contributed by atoms with Crippen LogP contribution in [-0.4, -0.2) is 48.9 Å². The van der Waals surface area contributed by atoms with Crippen LogP contribution in [0.25, 0.3) is 0 Å². The molecule has 16 heavy (non-hydrogen) atoms.